The van der Waals surface area contributed by atoms with Crippen LogP contribution in [0.15, 0.2) is 76.5 Å². The Morgan fingerprint density at radius 3 is 2.10 bits per heavy atom. The summed E-state index contributed by atoms with van der Waals surface area (Å²) in [5.41, 5.74) is 0.160. The third-order valence-corrected chi connectivity index (χ3v) is 7.36. The number of para-hydroxylation sites is 1. The molecule has 0 atom stereocenters. The SMILES string of the molecule is Cc1ccc(NS(=O)(=O)c2ccccc2Cl)cc1S(=O)(=O)Nc1ccccc1F. The van der Waals surface area contributed by atoms with Crippen molar-refractivity contribution >= 4 is 43.0 Å². The van der Waals surface area contributed by atoms with Gasteiger partial charge in [0, 0.05) is 0 Å². The zero-order valence-electron chi connectivity index (χ0n) is 15.1. The summed E-state index contributed by atoms with van der Waals surface area (Å²) in [6, 6.07) is 15.2. The summed E-state index contributed by atoms with van der Waals surface area (Å²) in [5.74, 6) is -0.732. The lowest BCUT2D eigenvalue weighted by Gasteiger charge is -2.14. The molecule has 3 aromatic carbocycles. The molecule has 6 nitrogen and oxygen atoms in total. The van der Waals surface area contributed by atoms with Gasteiger partial charge in [0.2, 0.25) is 0 Å². The van der Waals surface area contributed by atoms with Crippen LogP contribution in [0.25, 0.3) is 0 Å². The van der Waals surface area contributed by atoms with Gasteiger partial charge in [-0.2, -0.15) is 0 Å². The minimum Gasteiger partial charge on any atom is -0.280 e. The van der Waals surface area contributed by atoms with Gasteiger partial charge < -0.3 is 0 Å². The number of nitrogens with one attached hydrogen (secondary N) is 2. The number of aryl methyl sites for hydroxylation is 1. The summed E-state index contributed by atoms with van der Waals surface area (Å²) in [5, 5.41) is 0.0289. The Balaban J connectivity index is 1.96. The fourth-order valence-electron chi connectivity index (χ4n) is 2.57. The predicted octanol–water partition coefficient (Wildman–Crippen LogP) is 4.39. The molecule has 152 valence electrons. The highest BCUT2D eigenvalue weighted by atomic mass is 35.5. The van der Waals surface area contributed by atoms with E-state index in [4.69, 9.17) is 11.6 Å². The van der Waals surface area contributed by atoms with Crippen molar-refractivity contribution in [1.29, 1.82) is 0 Å². The van der Waals surface area contributed by atoms with E-state index in [0.717, 1.165) is 12.1 Å². The summed E-state index contributed by atoms with van der Waals surface area (Å²) in [6.07, 6.45) is 0. The first kappa shape index (κ1) is 21.1. The maximum absolute atomic E-state index is 13.8. The van der Waals surface area contributed by atoms with Gasteiger partial charge in [0.05, 0.1) is 21.3 Å². The van der Waals surface area contributed by atoms with Crippen LogP contribution in [-0.4, -0.2) is 16.8 Å². The number of rotatable bonds is 6. The molecule has 10 heteroatoms. The van der Waals surface area contributed by atoms with Gasteiger partial charge in [-0.15, -0.1) is 0 Å². The van der Waals surface area contributed by atoms with Crippen molar-refractivity contribution in [2.45, 2.75) is 16.7 Å². The van der Waals surface area contributed by atoms with E-state index in [9.17, 15) is 21.2 Å². The molecule has 0 saturated carbocycles. The van der Waals surface area contributed by atoms with E-state index in [1.165, 1.54) is 48.5 Å². The smallest absolute Gasteiger partial charge is 0.263 e. The highest BCUT2D eigenvalue weighted by Gasteiger charge is 2.22. The third kappa shape index (κ3) is 4.69. The summed E-state index contributed by atoms with van der Waals surface area (Å²) < 4.78 is 69.0. The number of halogens is 2. The molecule has 0 amide bonds. The van der Waals surface area contributed by atoms with Gasteiger partial charge in [0.25, 0.3) is 20.0 Å². The molecule has 0 radical (unpaired) electrons. The van der Waals surface area contributed by atoms with Crippen LogP contribution in [0.4, 0.5) is 15.8 Å². The van der Waals surface area contributed by atoms with Crippen LogP contribution >= 0.6 is 11.6 Å². The Hall–Kier alpha value is -2.62. The first-order valence-corrected chi connectivity index (χ1v) is 11.6. The molecule has 3 rings (SSSR count). The van der Waals surface area contributed by atoms with E-state index in [1.807, 2.05) is 0 Å². The monoisotopic (exact) mass is 454 g/mol. The molecule has 0 fully saturated rings. The Morgan fingerprint density at radius 2 is 1.41 bits per heavy atom. The van der Waals surface area contributed by atoms with Gasteiger partial charge in [-0.3, -0.25) is 9.44 Å². The van der Waals surface area contributed by atoms with E-state index in [1.54, 1.807) is 13.0 Å². The topological polar surface area (TPSA) is 92.3 Å². The van der Waals surface area contributed by atoms with Crippen LogP contribution in [-0.2, 0) is 20.0 Å². The Bertz CT molecular complexity index is 1280. The zero-order valence-corrected chi connectivity index (χ0v) is 17.4. The maximum Gasteiger partial charge on any atom is 0.263 e. The molecule has 3 aromatic rings. The van der Waals surface area contributed by atoms with Crippen molar-refractivity contribution in [2.75, 3.05) is 9.44 Å². The Labute approximate surface area is 173 Å². The van der Waals surface area contributed by atoms with E-state index in [-0.39, 0.29) is 26.2 Å². The normalized spacial score (nSPS) is 11.8. The number of sulfonamides is 2. The minimum absolute atomic E-state index is 0.0180. The molecule has 0 aliphatic carbocycles. The highest BCUT2D eigenvalue weighted by molar-refractivity contribution is 7.93. The molecule has 2 N–H and O–H groups in total. The largest absolute Gasteiger partial charge is 0.280 e. The summed E-state index contributed by atoms with van der Waals surface area (Å²) >= 11 is 5.95. The number of hydrogen-bond acceptors (Lipinski definition) is 4. The Kier molecular flexibility index (Phi) is 5.83. The molecule has 0 heterocycles. The molecule has 0 aromatic heterocycles. The average Bonchev–Trinajstić information content (AvgIpc) is 2.65. The molecule has 0 unspecified atom stereocenters. The molecule has 0 aliphatic heterocycles. The number of hydrogen-bond donors (Lipinski definition) is 2. The molecular formula is C19H16ClFN2O4S2. The zero-order chi connectivity index (χ0) is 21.2. The second kappa shape index (κ2) is 8.02. The molecular weight excluding hydrogens is 439 g/mol. The van der Waals surface area contributed by atoms with Gasteiger partial charge in [-0.1, -0.05) is 41.9 Å². The second-order valence-electron chi connectivity index (χ2n) is 6.10. The first-order valence-electron chi connectivity index (χ1n) is 8.25. The van der Waals surface area contributed by atoms with Crippen molar-refractivity contribution in [3.63, 3.8) is 0 Å². The standard InChI is InChI=1S/C19H16ClFN2O4S2/c1-13-10-11-14(22-28(24,25)18-9-5-2-6-15(18)20)12-19(13)29(26,27)23-17-8-4-3-7-16(17)21/h2-12,22-23H,1H3. The van der Waals surface area contributed by atoms with E-state index in [2.05, 4.69) is 9.44 Å². The van der Waals surface area contributed by atoms with E-state index >= 15 is 0 Å². The van der Waals surface area contributed by atoms with Gasteiger partial charge in [0.1, 0.15) is 10.7 Å². The van der Waals surface area contributed by atoms with Crippen molar-refractivity contribution < 1.29 is 21.2 Å². The second-order valence-corrected chi connectivity index (χ2v) is 9.81. The fourth-order valence-corrected chi connectivity index (χ4v) is 5.48. The van der Waals surface area contributed by atoms with Crippen LogP contribution in [0.2, 0.25) is 5.02 Å². The van der Waals surface area contributed by atoms with Crippen LogP contribution in [0.1, 0.15) is 5.56 Å². The average molecular weight is 455 g/mol. The van der Waals surface area contributed by atoms with Crippen LogP contribution < -0.4 is 9.44 Å². The van der Waals surface area contributed by atoms with Crippen molar-refractivity contribution in [3.05, 3.63) is 83.1 Å². The van der Waals surface area contributed by atoms with Gasteiger partial charge in [-0.05, 0) is 48.9 Å². The quantitative estimate of drug-likeness (QED) is 0.577. The van der Waals surface area contributed by atoms with E-state index < -0.39 is 25.9 Å². The summed E-state index contributed by atoms with van der Waals surface area (Å²) in [4.78, 5) is -0.337. The molecule has 0 saturated heterocycles. The molecule has 0 aliphatic rings. The van der Waals surface area contributed by atoms with Crippen LogP contribution in [0.5, 0.6) is 0 Å². The molecule has 0 spiro atoms. The maximum atomic E-state index is 13.8. The van der Waals surface area contributed by atoms with Gasteiger partial charge in [0.15, 0.2) is 0 Å². The lowest BCUT2D eigenvalue weighted by Crippen LogP contribution is -2.17. The number of benzene rings is 3. The highest BCUT2D eigenvalue weighted by Crippen LogP contribution is 2.27. The molecule has 0 bridgehead atoms. The van der Waals surface area contributed by atoms with Crippen molar-refractivity contribution in [1.82, 2.24) is 0 Å². The van der Waals surface area contributed by atoms with Gasteiger partial charge >= 0.3 is 0 Å². The van der Waals surface area contributed by atoms with Crippen LogP contribution in [0, 0.1) is 12.7 Å². The van der Waals surface area contributed by atoms with E-state index in [0.29, 0.717) is 5.56 Å². The van der Waals surface area contributed by atoms with Crippen molar-refractivity contribution in [2.24, 2.45) is 0 Å². The van der Waals surface area contributed by atoms with Crippen LogP contribution in [0.3, 0.4) is 0 Å². The predicted molar refractivity (Wildman–Crippen MR) is 111 cm³/mol. The lowest BCUT2D eigenvalue weighted by molar-refractivity contribution is 0.597. The first-order chi connectivity index (χ1) is 13.6. The van der Waals surface area contributed by atoms with Gasteiger partial charge in [-0.25, -0.2) is 21.2 Å². The molecule has 29 heavy (non-hydrogen) atoms. The summed E-state index contributed by atoms with van der Waals surface area (Å²) in [6.45, 7) is 1.54. The minimum atomic E-state index is -4.17. The van der Waals surface area contributed by atoms with Crippen molar-refractivity contribution in [3.8, 4) is 0 Å². The lowest BCUT2D eigenvalue weighted by atomic mass is 10.2. The Morgan fingerprint density at radius 1 is 0.793 bits per heavy atom. The third-order valence-electron chi connectivity index (χ3n) is 3.97. The summed E-state index contributed by atoms with van der Waals surface area (Å²) in [7, 11) is -8.21. The fraction of sp³-hybridized carbons (Fsp3) is 0.0526. The number of anilines is 2.